The van der Waals surface area contributed by atoms with Crippen LogP contribution >= 0.6 is 46.4 Å². The fourth-order valence-electron chi connectivity index (χ4n) is 0.111. The van der Waals surface area contributed by atoms with Crippen molar-refractivity contribution in [2.75, 3.05) is 0 Å². The summed E-state index contributed by atoms with van der Waals surface area (Å²) in [6.45, 7) is 0. The van der Waals surface area contributed by atoms with Gasteiger partial charge >= 0.3 is 5.92 Å². The first kappa shape index (κ1) is 10.7. The van der Waals surface area contributed by atoms with Gasteiger partial charge in [0.25, 0.3) is 9.03 Å². The third-order valence-electron chi connectivity index (χ3n) is 0.603. The Labute approximate surface area is 75.2 Å². The van der Waals surface area contributed by atoms with E-state index in [1.54, 1.807) is 0 Å². The van der Waals surface area contributed by atoms with E-state index in [0.717, 1.165) is 0 Å². The van der Waals surface area contributed by atoms with Crippen molar-refractivity contribution in [1.29, 1.82) is 0 Å². The Bertz CT molecular complexity index is 151. The summed E-state index contributed by atoms with van der Waals surface area (Å²) in [6, 6.07) is 0. The van der Waals surface area contributed by atoms with E-state index in [-0.39, 0.29) is 0 Å². The Kier molecular flexibility index (Phi) is 3.18. The molecule has 0 aliphatic heterocycles. The summed E-state index contributed by atoms with van der Waals surface area (Å²) in [5.74, 6) is -4.14. The van der Waals surface area contributed by atoms with Gasteiger partial charge in [-0.25, -0.2) is 0 Å². The Morgan fingerprint density at radius 1 is 1.20 bits per heavy atom. The van der Waals surface area contributed by atoms with E-state index in [1.807, 2.05) is 0 Å². The van der Waals surface area contributed by atoms with Gasteiger partial charge in [-0.1, -0.05) is 34.8 Å². The van der Waals surface area contributed by atoms with E-state index in [1.165, 1.54) is 0 Å². The van der Waals surface area contributed by atoms with Crippen LogP contribution in [0.5, 0.6) is 0 Å². The first-order valence-corrected chi connectivity index (χ1v) is 3.35. The first-order chi connectivity index (χ1) is 4.19. The Morgan fingerprint density at radius 3 is 1.50 bits per heavy atom. The fraction of sp³-hybridized carbons (Fsp3) is 0.667. The predicted molar refractivity (Wildman–Crippen MR) is 36.1 cm³/mol. The monoisotopic (exact) mass is 230 g/mol. The third-order valence-corrected chi connectivity index (χ3v) is 1.55. The first-order valence-electron chi connectivity index (χ1n) is 1.84. The van der Waals surface area contributed by atoms with Crippen LogP contribution in [0.4, 0.5) is 8.78 Å². The zero-order valence-corrected chi connectivity index (χ0v) is 7.20. The van der Waals surface area contributed by atoms with Gasteiger partial charge in [0.05, 0.1) is 0 Å². The second-order valence-electron chi connectivity index (χ2n) is 1.35. The Balaban J connectivity index is 4.57. The van der Waals surface area contributed by atoms with Gasteiger partial charge in [0, 0.05) is 0 Å². The minimum absolute atomic E-state index is 1.99. The van der Waals surface area contributed by atoms with Gasteiger partial charge in [0.2, 0.25) is 0 Å². The average molecular weight is 232 g/mol. The van der Waals surface area contributed by atoms with E-state index in [9.17, 15) is 13.6 Å². The smallest absolute Gasteiger partial charge is 0.274 e. The van der Waals surface area contributed by atoms with Gasteiger partial charge in [-0.2, -0.15) is 8.78 Å². The molecule has 1 nitrogen and oxygen atoms in total. The van der Waals surface area contributed by atoms with E-state index < -0.39 is 15.0 Å². The minimum atomic E-state index is -4.14. The molecular weight excluding hydrogens is 232 g/mol. The minimum Gasteiger partial charge on any atom is -0.274 e. The molecule has 0 atom stereocenters. The van der Waals surface area contributed by atoms with Crippen molar-refractivity contribution in [3.05, 3.63) is 0 Å². The molecule has 0 unspecified atom stereocenters. The number of rotatable bonds is 1. The van der Waals surface area contributed by atoms with Crippen LogP contribution in [0.25, 0.3) is 0 Å². The highest BCUT2D eigenvalue weighted by molar-refractivity contribution is 6.74. The highest BCUT2D eigenvalue weighted by atomic mass is 35.6. The van der Waals surface area contributed by atoms with Gasteiger partial charge in [0.15, 0.2) is 0 Å². The predicted octanol–water partition coefficient (Wildman–Crippen LogP) is 2.76. The highest BCUT2D eigenvalue weighted by Gasteiger charge is 2.56. The molecule has 0 rings (SSSR count). The lowest BCUT2D eigenvalue weighted by atomic mass is 10.4. The maximum atomic E-state index is 12.2. The molecule has 10 heavy (non-hydrogen) atoms. The van der Waals surface area contributed by atoms with E-state index in [0.29, 0.717) is 0 Å². The van der Waals surface area contributed by atoms with Crippen molar-refractivity contribution in [2.45, 2.75) is 9.72 Å². The van der Waals surface area contributed by atoms with Crippen LogP contribution in [-0.4, -0.2) is 15.0 Å². The number of hydrogen-bond acceptors (Lipinski definition) is 1. The van der Waals surface area contributed by atoms with E-state index in [2.05, 4.69) is 11.6 Å². The lowest BCUT2D eigenvalue weighted by molar-refractivity contribution is -0.133. The molecular formula is C3Cl4F2O. The summed E-state index contributed by atoms with van der Waals surface area (Å²) in [6.07, 6.45) is 0. The standard InChI is InChI=1S/C3Cl4F2O/c4-1(10)2(8,9)3(5,6)7. The molecule has 0 aromatic carbocycles. The van der Waals surface area contributed by atoms with E-state index in [4.69, 9.17) is 34.8 Å². The Hall–Kier alpha value is 0.690. The van der Waals surface area contributed by atoms with Crippen molar-refractivity contribution in [1.82, 2.24) is 0 Å². The van der Waals surface area contributed by atoms with Crippen molar-refractivity contribution < 1.29 is 13.6 Å². The number of carbonyl (C=O) groups excluding carboxylic acids is 1. The zero-order valence-electron chi connectivity index (χ0n) is 4.18. The van der Waals surface area contributed by atoms with Crippen LogP contribution in [0.1, 0.15) is 0 Å². The summed E-state index contributed by atoms with van der Waals surface area (Å²) < 4.78 is 21.4. The number of hydrogen-bond donors (Lipinski definition) is 0. The highest BCUT2D eigenvalue weighted by Crippen LogP contribution is 2.43. The summed E-state index contributed by atoms with van der Waals surface area (Å²) >= 11 is 18.5. The average Bonchev–Trinajstić information content (AvgIpc) is 1.62. The van der Waals surface area contributed by atoms with Gasteiger partial charge in [0.1, 0.15) is 0 Å². The van der Waals surface area contributed by atoms with Gasteiger partial charge in [-0.3, -0.25) is 4.79 Å². The molecule has 0 heterocycles. The van der Waals surface area contributed by atoms with Crippen LogP contribution < -0.4 is 0 Å². The molecule has 0 bridgehead atoms. The molecule has 0 aromatic rings. The lowest BCUT2D eigenvalue weighted by Crippen LogP contribution is -2.39. The van der Waals surface area contributed by atoms with Crippen molar-refractivity contribution >= 4 is 51.6 Å². The molecule has 0 saturated heterocycles. The number of halogens is 6. The van der Waals surface area contributed by atoms with Crippen LogP contribution in [0.3, 0.4) is 0 Å². The third kappa shape index (κ3) is 2.09. The van der Waals surface area contributed by atoms with E-state index >= 15 is 0 Å². The van der Waals surface area contributed by atoms with Crippen LogP contribution in [0, 0.1) is 0 Å². The SMILES string of the molecule is O=C(Cl)C(F)(F)C(Cl)(Cl)Cl. The molecule has 0 aliphatic carbocycles. The maximum absolute atomic E-state index is 12.2. The molecule has 0 saturated carbocycles. The van der Waals surface area contributed by atoms with Gasteiger partial charge in [-0.15, -0.1) is 0 Å². The van der Waals surface area contributed by atoms with Crippen LogP contribution in [0.2, 0.25) is 0 Å². The number of alkyl halides is 5. The molecule has 60 valence electrons. The quantitative estimate of drug-likeness (QED) is 0.501. The molecule has 0 aliphatic rings. The summed E-state index contributed by atoms with van der Waals surface area (Å²) in [7, 11) is 0. The second kappa shape index (κ2) is 2.97. The maximum Gasteiger partial charge on any atom is 0.365 e. The second-order valence-corrected chi connectivity index (χ2v) is 3.97. The van der Waals surface area contributed by atoms with Gasteiger partial charge < -0.3 is 0 Å². The molecule has 0 radical (unpaired) electrons. The van der Waals surface area contributed by atoms with Gasteiger partial charge in [-0.05, 0) is 11.6 Å². The zero-order chi connectivity index (χ0) is 8.58. The lowest BCUT2D eigenvalue weighted by Gasteiger charge is -2.18. The largest absolute Gasteiger partial charge is 0.365 e. The molecule has 0 N–H and O–H groups in total. The summed E-state index contributed by atoms with van der Waals surface area (Å²) in [5, 5.41) is -1.99. The Morgan fingerprint density at radius 2 is 1.50 bits per heavy atom. The van der Waals surface area contributed by atoms with Crippen LogP contribution in [0.15, 0.2) is 0 Å². The topological polar surface area (TPSA) is 17.1 Å². The van der Waals surface area contributed by atoms with Crippen molar-refractivity contribution in [2.24, 2.45) is 0 Å². The normalized spacial score (nSPS) is 13.4. The van der Waals surface area contributed by atoms with Crippen LogP contribution in [-0.2, 0) is 4.79 Å². The van der Waals surface area contributed by atoms with Crippen molar-refractivity contribution in [3.8, 4) is 0 Å². The molecule has 0 amide bonds. The van der Waals surface area contributed by atoms with Crippen molar-refractivity contribution in [3.63, 3.8) is 0 Å². The molecule has 7 heteroatoms. The fourth-order valence-corrected chi connectivity index (χ4v) is 0.656. The summed E-state index contributed by atoms with van der Waals surface area (Å²) in [4.78, 5) is 9.87. The molecule has 0 aromatic heterocycles. The molecule has 0 fully saturated rings. The number of carbonyl (C=O) groups is 1. The summed E-state index contributed by atoms with van der Waals surface area (Å²) in [5.41, 5.74) is 0. The molecule has 0 spiro atoms.